The predicted octanol–water partition coefficient (Wildman–Crippen LogP) is 1.81. The van der Waals surface area contributed by atoms with Crippen LogP contribution in [0.25, 0.3) is 0 Å². The summed E-state index contributed by atoms with van der Waals surface area (Å²) in [5.41, 5.74) is 6.54. The number of morpholine rings is 1. The Balaban J connectivity index is 2.31. The Morgan fingerprint density at radius 2 is 2.35 bits per heavy atom. The minimum Gasteiger partial charge on any atom is -0.374 e. The second-order valence-electron chi connectivity index (χ2n) is 4.24. The van der Waals surface area contributed by atoms with Gasteiger partial charge in [0.2, 0.25) is 0 Å². The second kappa shape index (κ2) is 5.31. The van der Waals surface area contributed by atoms with Crippen LogP contribution >= 0.6 is 11.6 Å². The van der Waals surface area contributed by atoms with Gasteiger partial charge in [0.15, 0.2) is 0 Å². The molecule has 1 fully saturated rings. The second-order valence-corrected chi connectivity index (χ2v) is 4.65. The summed E-state index contributed by atoms with van der Waals surface area (Å²) >= 11 is 5.68. The van der Waals surface area contributed by atoms with E-state index in [-0.39, 0.29) is 17.2 Å². The van der Waals surface area contributed by atoms with Crippen molar-refractivity contribution in [3.63, 3.8) is 0 Å². The largest absolute Gasteiger partial charge is 0.374 e. The molecule has 1 saturated heterocycles. The molecule has 0 saturated carbocycles. The van der Waals surface area contributed by atoms with Crippen molar-refractivity contribution in [1.29, 1.82) is 0 Å². The first-order chi connectivity index (χ1) is 8.13. The van der Waals surface area contributed by atoms with Gasteiger partial charge in [-0.15, -0.1) is 0 Å². The highest BCUT2D eigenvalue weighted by Crippen LogP contribution is 2.29. The Hall–Kier alpha value is -0.680. The molecule has 1 aliphatic heterocycles. The summed E-state index contributed by atoms with van der Waals surface area (Å²) in [6.07, 6.45) is -0.102. The van der Waals surface area contributed by atoms with E-state index < -0.39 is 5.82 Å². The van der Waals surface area contributed by atoms with Crippen molar-refractivity contribution < 1.29 is 9.13 Å². The Bertz CT molecular complexity index is 402. The monoisotopic (exact) mass is 258 g/mol. The normalized spacial score (nSPS) is 26.1. The fourth-order valence-electron chi connectivity index (χ4n) is 2.22. The topological polar surface area (TPSA) is 38.5 Å². The van der Waals surface area contributed by atoms with Gasteiger partial charge in [-0.05, 0) is 24.7 Å². The van der Waals surface area contributed by atoms with Gasteiger partial charge in [-0.1, -0.05) is 17.7 Å². The molecule has 0 radical (unpaired) electrons. The lowest BCUT2D eigenvalue weighted by Gasteiger charge is -2.39. The Morgan fingerprint density at radius 1 is 1.59 bits per heavy atom. The number of benzene rings is 1. The first-order valence-electron chi connectivity index (χ1n) is 5.60. The van der Waals surface area contributed by atoms with Crippen LogP contribution in [0.1, 0.15) is 11.6 Å². The highest BCUT2D eigenvalue weighted by molar-refractivity contribution is 6.30. The van der Waals surface area contributed by atoms with Gasteiger partial charge in [0, 0.05) is 13.1 Å². The lowest BCUT2D eigenvalue weighted by molar-refractivity contribution is -0.0577. The minimum absolute atomic E-state index is 0.0134. The van der Waals surface area contributed by atoms with Gasteiger partial charge in [0.05, 0.1) is 23.8 Å². The van der Waals surface area contributed by atoms with Crippen LogP contribution in [-0.2, 0) is 4.74 Å². The number of ether oxygens (including phenoxy) is 1. The Morgan fingerprint density at radius 3 is 3.00 bits per heavy atom. The summed E-state index contributed by atoms with van der Waals surface area (Å²) in [6.45, 7) is 1.88. The molecule has 1 aliphatic rings. The SMILES string of the molecule is CN1CCOC(CN)C1c1ccc(Cl)c(F)c1. The standard InChI is InChI=1S/C12H16ClFN2O/c1-16-4-5-17-11(7-15)12(16)8-2-3-9(13)10(14)6-8/h2-3,6,11-12H,4-5,7,15H2,1H3. The van der Waals surface area contributed by atoms with Crippen LogP contribution in [0.5, 0.6) is 0 Å². The number of nitrogens with two attached hydrogens (primary N) is 1. The molecule has 0 aliphatic carbocycles. The van der Waals surface area contributed by atoms with Crippen molar-refractivity contribution in [2.45, 2.75) is 12.1 Å². The predicted molar refractivity (Wildman–Crippen MR) is 65.6 cm³/mol. The van der Waals surface area contributed by atoms with Gasteiger partial charge in [-0.25, -0.2) is 4.39 Å². The molecular formula is C12H16ClFN2O. The molecule has 2 atom stereocenters. The minimum atomic E-state index is -0.404. The fourth-order valence-corrected chi connectivity index (χ4v) is 2.34. The zero-order valence-corrected chi connectivity index (χ0v) is 10.5. The van der Waals surface area contributed by atoms with Gasteiger partial charge in [-0.2, -0.15) is 0 Å². The van der Waals surface area contributed by atoms with Gasteiger partial charge in [0.25, 0.3) is 0 Å². The molecule has 2 unspecified atom stereocenters. The summed E-state index contributed by atoms with van der Waals surface area (Å²) in [7, 11) is 1.99. The van der Waals surface area contributed by atoms with Gasteiger partial charge in [-0.3, -0.25) is 4.90 Å². The molecular weight excluding hydrogens is 243 g/mol. The summed E-state index contributed by atoms with van der Waals surface area (Å²) < 4.78 is 19.1. The zero-order valence-electron chi connectivity index (χ0n) is 9.70. The van der Waals surface area contributed by atoms with Crippen LogP contribution in [0, 0.1) is 5.82 Å². The van der Waals surface area contributed by atoms with E-state index in [0.717, 1.165) is 12.1 Å². The lowest BCUT2D eigenvalue weighted by atomic mass is 9.98. The summed E-state index contributed by atoms with van der Waals surface area (Å²) in [5.74, 6) is -0.404. The molecule has 2 rings (SSSR count). The van der Waals surface area contributed by atoms with Gasteiger partial charge < -0.3 is 10.5 Å². The van der Waals surface area contributed by atoms with Crippen molar-refractivity contribution in [3.8, 4) is 0 Å². The maximum atomic E-state index is 13.5. The van der Waals surface area contributed by atoms with Crippen LogP contribution in [-0.4, -0.2) is 37.7 Å². The van der Waals surface area contributed by atoms with E-state index >= 15 is 0 Å². The number of rotatable bonds is 2. The van der Waals surface area contributed by atoms with Gasteiger partial charge >= 0.3 is 0 Å². The molecule has 94 valence electrons. The van der Waals surface area contributed by atoms with Crippen LogP contribution in [0.15, 0.2) is 18.2 Å². The van der Waals surface area contributed by atoms with Crippen molar-refractivity contribution in [2.24, 2.45) is 5.73 Å². The number of likely N-dealkylation sites (N-methyl/N-ethyl adjacent to an activating group) is 1. The molecule has 0 aromatic heterocycles. The molecule has 0 amide bonds. The van der Waals surface area contributed by atoms with Crippen LogP contribution in [0.2, 0.25) is 5.02 Å². The van der Waals surface area contributed by atoms with E-state index in [2.05, 4.69) is 4.90 Å². The molecule has 1 heterocycles. The molecule has 1 aromatic carbocycles. The third-order valence-electron chi connectivity index (χ3n) is 3.12. The highest BCUT2D eigenvalue weighted by atomic mass is 35.5. The van der Waals surface area contributed by atoms with E-state index in [9.17, 15) is 4.39 Å². The first-order valence-corrected chi connectivity index (χ1v) is 5.98. The summed E-state index contributed by atoms with van der Waals surface area (Å²) in [5, 5.41) is 0.137. The average Bonchev–Trinajstić information content (AvgIpc) is 2.32. The van der Waals surface area contributed by atoms with Crippen molar-refractivity contribution in [3.05, 3.63) is 34.6 Å². The lowest BCUT2D eigenvalue weighted by Crippen LogP contribution is -2.46. The van der Waals surface area contributed by atoms with E-state index in [4.69, 9.17) is 22.1 Å². The molecule has 0 spiro atoms. The number of hydrogen-bond acceptors (Lipinski definition) is 3. The Labute approximate surface area is 105 Å². The van der Waals surface area contributed by atoms with Crippen LogP contribution in [0.3, 0.4) is 0 Å². The molecule has 0 bridgehead atoms. The van der Waals surface area contributed by atoms with Crippen LogP contribution in [0.4, 0.5) is 4.39 Å². The van der Waals surface area contributed by atoms with E-state index in [1.807, 2.05) is 13.1 Å². The van der Waals surface area contributed by atoms with E-state index in [0.29, 0.717) is 13.2 Å². The van der Waals surface area contributed by atoms with E-state index in [1.54, 1.807) is 6.07 Å². The zero-order chi connectivity index (χ0) is 12.4. The smallest absolute Gasteiger partial charge is 0.142 e. The molecule has 2 N–H and O–H groups in total. The number of halogens is 2. The third-order valence-corrected chi connectivity index (χ3v) is 3.43. The molecule has 3 nitrogen and oxygen atoms in total. The summed E-state index contributed by atoms with van der Waals surface area (Å²) in [4.78, 5) is 2.13. The maximum Gasteiger partial charge on any atom is 0.142 e. The molecule has 17 heavy (non-hydrogen) atoms. The van der Waals surface area contributed by atoms with Crippen molar-refractivity contribution in [1.82, 2.24) is 4.90 Å². The average molecular weight is 259 g/mol. The maximum absolute atomic E-state index is 13.5. The number of hydrogen-bond donors (Lipinski definition) is 1. The van der Waals surface area contributed by atoms with E-state index in [1.165, 1.54) is 6.07 Å². The fraction of sp³-hybridized carbons (Fsp3) is 0.500. The molecule has 1 aromatic rings. The van der Waals surface area contributed by atoms with Crippen LogP contribution < -0.4 is 5.73 Å². The first kappa shape index (κ1) is 12.8. The number of nitrogens with zero attached hydrogens (tertiary/aromatic N) is 1. The highest BCUT2D eigenvalue weighted by Gasteiger charge is 2.30. The van der Waals surface area contributed by atoms with Gasteiger partial charge in [0.1, 0.15) is 5.82 Å². The van der Waals surface area contributed by atoms with Crippen molar-refractivity contribution >= 4 is 11.6 Å². The quantitative estimate of drug-likeness (QED) is 0.879. The molecule has 5 heteroatoms. The summed E-state index contributed by atoms with van der Waals surface area (Å²) in [6, 6.07) is 4.84. The van der Waals surface area contributed by atoms with Crippen molar-refractivity contribution in [2.75, 3.05) is 26.7 Å². The third kappa shape index (κ3) is 2.60. The Kier molecular flexibility index (Phi) is 3.99.